The highest BCUT2D eigenvalue weighted by Crippen LogP contribution is 2.21. The normalized spacial score (nSPS) is 11.1. The number of thiazole rings is 1. The lowest BCUT2D eigenvalue weighted by Gasteiger charge is -2.13. The topological polar surface area (TPSA) is 49.3 Å². The highest BCUT2D eigenvalue weighted by Gasteiger charge is 2.04. The molecule has 0 aliphatic rings. The molecule has 1 aromatic heterocycles. The summed E-state index contributed by atoms with van der Waals surface area (Å²) >= 11 is 3.53. The van der Waals surface area contributed by atoms with Gasteiger partial charge in [-0.15, -0.1) is 47.1 Å². The van der Waals surface area contributed by atoms with E-state index in [0.29, 0.717) is 0 Å². The molecule has 2 rings (SSSR count). The summed E-state index contributed by atoms with van der Waals surface area (Å²) in [5, 5.41) is 7.89. The molecule has 0 aliphatic heterocycles. The van der Waals surface area contributed by atoms with Gasteiger partial charge < -0.3 is 10.6 Å². The fourth-order valence-electron chi connectivity index (χ4n) is 2.20. The van der Waals surface area contributed by atoms with Gasteiger partial charge in [0.15, 0.2) is 5.96 Å². The molecule has 4 nitrogen and oxygen atoms in total. The molecule has 7 heteroatoms. The molecule has 0 fully saturated rings. The van der Waals surface area contributed by atoms with E-state index in [0.717, 1.165) is 30.5 Å². The number of aryl methyl sites for hydroxylation is 2. The van der Waals surface area contributed by atoms with Crippen LogP contribution in [0.15, 0.2) is 34.3 Å². The Hall–Kier alpha value is -0.800. The third kappa shape index (κ3) is 6.60. The van der Waals surface area contributed by atoms with Crippen LogP contribution in [0.4, 0.5) is 0 Å². The van der Waals surface area contributed by atoms with Gasteiger partial charge in [-0.05, 0) is 37.3 Å². The molecule has 0 saturated carbocycles. The molecule has 0 radical (unpaired) electrons. The molecule has 0 unspecified atom stereocenters. The zero-order valence-corrected chi connectivity index (χ0v) is 18.5. The second-order valence-electron chi connectivity index (χ2n) is 5.28. The quantitative estimate of drug-likeness (QED) is 0.286. The van der Waals surface area contributed by atoms with Gasteiger partial charge >= 0.3 is 0 Å². The van der Waals surface area contributed by atoms with Crippen molar-refractivity contribution in [2.45, 2.75) is 31.7 Å². The van der Waals surface area contributed by atoms with E-state index in [1.54, 1.807) is 30.1 Å². The zero-order chi connectivity index (χ0) is 16.7. The van der Waals surface area contributed by atoms with Crippen molar-refractivity contribution < 1.29 is 0 Å². The number of nitrogens with one attached hydrogen (secondary N) is 2. The summed E-state index contributed by atoms with van der Waals surface area (Å²) in [7, 11) is 1.80. The van der Waals surface area contributed by atoms with Crippen LogP contribution in [0.3, 0.4) is 0 Å². The molecular formula is C17H25IN4S2. The lowest BCUT2D eigenvalue weighted by molar-refractivity contribution is 0.786. The van der Waals surface area contributed by atoms with E-state index in [-0.39, 0.29) is 24.0 Å². The molecule has 0 atom stereocenters. The summed E-state index contributed by atoms with van der Waals surface area (Å²) in [6.45, 7) is 5.81. The molecule has 2 aromatic rings. The van der Waals surface area contributed by atoms with Crippen LogP contribution in [0.5, 0.6) is 0 Å². The van der Waals surface area contributed by atoms with Crippen molar-refractivity contribution in [1.82, 2.24) is 15.6 Å². The largest absolute Gasteiger partial charge is 0.356 e. The van der Waals surface area contributed by atoms with E-state index in [4.69, 9.17) is 0 Å². The number of rotatable bonds is 6. The number of aliphatic imine (C=N–C) groups is 1. The van der Waals surface area contributed by atoms with Crippen LogP contribution in [-0.2, 0) is 13.0 Å². The van der Waals surface area contributed by atoms with Crippen LogP contribution in [0.1, 0.15) is 21.0 Å². The first-order valence-electron chi connectivity index (χ1n) is 7.61. The van der Waals surface area contributed by atoms with Crippen LogP contribution in [-0.4, -0.2) is 30.8 Å². The van der Waals surface area contributed by atoms with Gasteiger partial charge in [-0.1, -0.05) is 12.1 Å². The number of guanidine groups is 1. The van der Waals surface area contributed by atoms with Crippen molar-refractivity contribution in [1.29, 1.82) is 0 Å². The number of aromatic nitrogens is 1. The third-order valence-corrected chi connectivity index (χ3v) is 5.21. The smallest absolute Gasteiger partial charge is 0.191 e. The molecule has 24 heavy (non-hydrogen) atoms. The number of hydrogen-bond acceptors (Lipinski definition) is 4. The van der Waals surface area contributed by atoms with Crippen molar-refractivity contribution in [2.24, 2.45) is 4.99 Å². The average Bonchev–Trinajstić information content (AvgIpc) is 2.96. The van der Waals surface area contributed by atoms with Crippen molar-refractivity contribution in [3.05, 3.63) is 45.4 Å². The maximum atomic E-state index is 4.38. The predicted octanol–water partition coefficient (Wildman–Crippen LogP) is 4.01. The number of nitrogens with zero attached hydrogens (tertiary/aromatic N) is 2. The van der Waals surface area contributed by atoms with Crippen LogP contribution in [0.2, 0.25) is 0 Å². The highest BCUT2D eigenvalue weighted by molar-refractivity contribution is 14.0. The van der Waals surface area contributed by atoms with Gasteiger partial charge in [0.25, 0.3) is 0 Å². The standard InChI is InChI=1S/C17H24N4S2.HI/c1-12-5-6-14(15(9-12)22-4)11-21-17(18-3)19-8-7-16-20-10-13(2)23-16;/h5-6,9-10H,7-8,11H2,1-4H3,(H2,18,19,21);1H. The Balaban J connectivity index is 0.00000288. The van der Waals surface area contributed by atoms with Crippen LogP contribution in [0.25, 0.3) is 0 Å². The van der Waals surface area contributed by atoms with E-state index in [1.165, 1.54) is 20.9 Å². The van der Waals surface area contributed by atoms with Gasteiger partial charge in [0.05, 0.1) is 5.01 Å². The summed E-state index contributed by atoms with van der Waals surface area (Å²) in [6, 6.07) is 6.56. The Bertz CT molecular complexity index is 670. The van der Waals surface area contributed by atoms with Crippen molar-refractivity contribution in [3.63, 3.8) is 0 Å². The lowest BCUT2D eigenvalue weighted by atomic mass is 10.1. The molecule has 0 spiro atoms. The summed E-state index contributed by atoms with van der Waals surface area (Å²) in [6.07, 6.45) is 4.95. The first-order chi connectivity index (χ1) is 11.1. The lowest BCUT2D eigenvalue weighted by Crippen LogP contribution is -2.37. The van der Waals surface area contributed by atoms with Gasteiger partial charge in [-0.3, -0.25) is 4.99 Å². The fraction of sp³-hybridized carbons (Fsp3) is 0.412. The Kier molecular flexibility index (Phi) is 9.68. The van der Waals surface area contributed by atoms with Crippen LogP contribution >= 0.6 is 47.1 Å². The third-order valence-electron chi connectivity index (χ3n) is 3.41. The van der Waals surface area contributed by atoms with E-state index in [1.807, 2.05) is 6.20 Å². The summed E-state index contributed by atoms with van der Waals surface area (Å²) in [4.78, 5) is 11.2. The van der Waals surface area contributed by atoms with Crippen molar-refractivity contribution >= 4 is 53.0 Å². The van der Waals surface area contributed by atoms with Gasteiger partial charge in [-0.25, -0.2) is 4.98 Å². The van der Waals surface area contributed by atoms with E-state index in [9.17, 15) is 0 Å². The second kappa shape index (κ2) is 10.9. The van der Waals surface area contributed by atoms with Gasteiger partial charge in [0.2, 0.25) is 0 Å². The molecule has 2 N–H and O–H groups in total. The van der Waals surface area contributed by atoms with E-state index >= 15 is 0 Å². The van der Waals surface area contributed by atoms with Gasteiger partial charge in [0.1, 0.15) is 0 Å². The number of hydrogen-bond donors (Lipinski definition) is 2. The molecule has 132 valence electrons. The highest BCUT2D eigenvalue weighted by atomic mass is 127. The van der Waals surface area contributed by atoms with E-state index < -0.39 is 0 Å². The maximum absolute atomic E-state index is 4.38. The molecule has 1 aromatic carbocycles. The molecule has 0 amide bonds. The van der Waals surface area contributed by atoms with Crippen LogP contribution < -0.4 is 10.6 Å². The fourth-order valence-corrected chi connectivity index (χ4v) is 3.69. The van der Waals surface area contributed by atoms with Gasteiger partial charge in [-0.2, -0.15) is 0 Å². The first kappa shape index (κ1) is 21.2. The monoisotopic (exact) mass is 476 g/mol. The number of halogens is 1. The minimum Gasteiger partial charge on any atom is -0.356 e. The number of benzene rings is 1. The minimum atomic E-state index is 0. The van der Waals surface area contributed by atoms with Crippen molar-refractivity contribution in [3.8, 4) is 0 Å². The van der Waals surface area contributed by atoms with Crippen molar-refractivity contribution in [2.75, 3.05) is 19.8 Å². The molecule has 1 heterocycles. The van der Waals surface area contributed by atoms with Gasteiger partial charge in [0, 0.05) is 42.5 Å². The Labute approximate surface area is 170 Å². The number of thioether (sulfide) groups is 1. The predicted molar refractivity (Wildman–Crippen MR) is 117 cm³/mol. The molecular weight excluding hydrogens is 451 g/mol. The SMILES string of the molecule is CN=C(NCCc1ncc(C)s1)NCc1ccc(C)cc1SC.I. The molecule has 0 saturated heterocycles. The Morgan fingerprint density at radius 3 is 2.71 bits per heavy atom. The van der Waals surface area contributed by atoms with Crippen LogP contribution in [0, 0.1) is 13.8 Å². The Morgan fingerprint density at radius 2 is 2.08 bits per heavy atom. The summed E-state index contributed by atoms with van der Waals surface area (Å²) in [5.41, 5.74) is 2.58. The second-order valence-corrected chi connectivity index (χ2v) is 7.45. The zero-order valence-electron chi connectivity index (χ0n) is 14.5. The minimum absolute atomic E-state index is 0. The van der Waals surface area contributed by atoms with E-state index in [2.05, 4.69) is 58.9 Å². The average molecular weight is 476 g/mol. The molecule has 0 bridgehead atoms. The first-order valence-corrected chi connectivity index (χ1v) is 9.66. The molecule has 0 aliphatic carbocycles. The summed E-state index contributed by atoms with van der Waals surface area (Å²) < 4.78 is 0. The maximum Gasteiger partial charge on any atom is 0.191 e. The Morgan fingerprint density at radius 1 is 1.29 bits per heavy atom. The summed E-state index contributed by atoms with van der Waals surface area (Å²) in [5.74, 6) is 0.825.